The summed E-state index contributed by atoms with van der Waals surface area (Å²) in [5, 5.41) is 0. The van der Waals surface area contributed by atoms with Crippen molar-refractivity contribution in [3.63, 3.8) is 0 Å². The van der Waals surface area contributed by atoms with Crippen LogP contribution in [-0.4, -0.2) is 56.5 Å². The van der Waals surface area contributed by atoms with Crippen molar-refractivity contribution in [3.05, 3.63) is 0 Å². The smallest absolute Gasteiger partial charge is 0.00385 e. The molecule has 0 aromatic rings. The summed E-state index contributed by atoms with van der Waals surface area (Å²) in [6.07, 6.45) is 13.2. The Morgan fingerprint density at radius 3 is 1.05 bits per heavy atom. The molecule has 0 aromatic heterocycles. The van der Waals surface area contributed by atoms with Crippen molar-refractivity contribution in [2.45, 2.75) is 188 Å². The molecule has 2 nitrogen and oxygen atoms in total. The maximum absolute atomic E-state index is 2.67. The van der Waals surface area contributed by atoms with Gasteiger partial charge in [-0.3, -0.25) is 0 Å². The Kier molecular flexibility index (Phi) is 40.6. The van der Waals surface area contributed by atoms with Crippen LogP contribution in [0.15, 0.2) is 0 Å². The minimum Gasteiger partial charge on any atom is -0.301 e. The topological polar surface area (TPSA) is 6.48 Å². The van der Waals surface area contributed by atoms with Gasteiger partial charge in [0.2, 0.25) is 0 Å². The summed E-state index contributed by atoms with van der Waals surface area (Å²) in [5.74, 6) is 2.76. The Morgan fingerprint density at radius 2 is 0.795 bits per heavy atom. The molecule has 0 amide bonds. The Labute approximate surface area is 254 Å². The monoisotopic (exact) mass is 554 g/mol. The molecule has 1 saturated carbocycles. The molecule has 3 radical (unpaired) electrons. The third-order valence-corrected chi connectivity index (χ3v) is 7.74. The van der Waals surface area contributed by atoms with Crippen LogP contribution in [0.5, 0.6) is 0 Å². The van der Waals surface area contributed by atoms with Crippen molar-refractivity contribution in [2.75, 3.05) is 26.2 Å². The van der Waals surface area contributed by atoms with Crippen LogP contribution in [-0.2, 0) is 0 Å². The predicted molar refractivity (Wildman–Crippen MR) is 187 cm³/mol. The van der Waals surface area contributed by atoms with Crippen LogP contribution in [0.3, 0.4) is 0 Å². The minimum absolute atomic E-state index is 0. The summed E-state index contributed by atoms with van der Waals surface area (Å²) >= 11 is 0. The zero-order chi connectivity index (χ0) is 30.7. The molecule has 2 saturated heterocycles. The highest BCUT2D eigenvalue weighted by Gasteiger charge is 2.38. The molecular weight excluding hydrogens is 471 g/mol. The molecule has 0 atom stereocenters. The number of rotatable bonds is 3. The quantitative estimate of drug-likeness (QED) is 0.321. The fourth-order valence-corrected chi connectivity index (χ4v) is 5.37. The van der Waals surface area contributed by atoms with E-state index in [1.165, 1.54) is 84.0 Å². The van der Waals surface area contributed by atoms with E-state index in [9.17, 15) is 0 Å². The Bertz CT molecular complexity index is 380. The van der Waals surface area contributed by atoms with E-state index in [1.807, 2.05) is 55.4 Å². The van der Waals surface area contributed by atoms with Gasteiger partial charge in [0, 0.05) is 20.5 Å². The average molecular weight is 554 g/mol. The van der Waals surface area contributed by atoms with Crippen molar-refractivity contribution in [2.24, 2.45) is 23.2 Å². The van der Waals surface area contributed by atoms with E-state index in [-0.39, 0.29) is 8.41 Å². The van der Waals surface area contributed by atoms with Crippen LogP contribution < -0.4 is 0 Å². The lowest BCUT2D eigenvalue weighted by atomic mass is 9.64. The first kappa shape index (κ1) is 48.7. The fourth-order valence-electron chi connectivity index (χ4n) is 5.37. The Morgan fingerprint density at radius 1 is 0.487 bits per heavy atom. The van der Waals surface area contributed by atoms with Crippen LogP contribution in [0.4, 0.5) is 0 Å². The van der Waals surface area contributed by atoms with Gasteiger partial charge in [-0.25, -0.2) is 0 Å². The first-order valence-corrected chi connectivity index (χ1v) is 17.5. The van der Waals surface area contributed by atoms with Gasteiger partial charge in [0.05, 0.1) is 0 Å². The van der Waals surface area contributed by atoms with Crippen LogP contribution in [0, 0.1) is 23.2 Å². The zero-order valence-electron chi connectivity index (χ0n) is 31.1. The highest BCUT2D eigenvalue weighted by molar-refractivity contribution is 5.75. The SMILES string of the molecule is CC.CC.CC.CC.CC(C)C.CC(C)C1CCC2(CC1)CCN(C(C)C)CC2.CC(C)N1CCCCC1.[B]. The molecule has 3 rings (SSSR count). The lowest BCUT2D eigenvalue weighted by Gasteiger charge is -2.47. The normalized spacial score (nSPS) is 18.7. The molecule has 2 aliphatic heterocycles. The Hall–Kier alpha value is -0.0151. The number of nitrogens with zero attached hydrogens (tertiary/aromatic N) is 2. The van der Waals surface area contributed by atoms with Gasteiger partial charge >= 0.3 is 0 Å². The van der Waals surface area contributed by atoms with Gasteiger partial charge in [-0.05, 0) is 128 Å². The molecule has 1 spiro atoms. The zero-order valence-corrected chi connectivity index (χ0v) is 31.1. The average Bonchev–Trinajstić information content (AvgIpc) is 2.94. The molecule has 3 aliphatic rings. The molecule has 0 aromatic carbocycles. The summed E-state index contributed by atoms with van der Waals surface area (Å²) in [5.41, 5.74) is 0.747. The van der Waals surface area contributed by atoms with E-state index in [0.717, 1.165) is 35.3 Å². The van der Waals surface area contributed by atoms with Crippen molar-refractivity contribution in [1.29, 1.82) is 0 Å². The van der Waals surface area contributed by atoms with Crippen molar-refractivity contribution in [1.82, 2.24) is 9.80 Å². The highest BCUT2D eigenvalue weighted by Crippen LogP contribution is 2.47. The van der Waals surface area contributed by atoms with E-state index in [1.54, 1.807) is 0 Å². The second kappa shape index (κ2) is 32.5. The minimum atomic E-state index is 0. The fraction of sp³-hybridized carbons (Fsp3) is 1.00. The molecule has 3 fully saturated rings. The van der Waals surface area contributed by atoms with Gasteiger partial charge in [0.1, 0.15) is 0 Å². The molecule has 0 N–H and O–H groups in total. The highest BCUT2D eigenvalue weighted by atomic mass is 15.2. The molecular formula is C36H82BN2. The summed E-state index contributed by atoms with van der Waals surface area (Å²) in [7, 11) is 0. The largest absolute Gasteiger partial charge is 0.301 e. The van der Waals surface area contributed by atoms with Gasteiger partial charge in [-0.2, -0.15) is 0 Å². The van der Waals surface area contributed by atoms with Crippen molar-refractivity contribution in [3.8, 4) is 0 Å². The third-order valence-electron chi connectivity index (χ3n) is 7.74. The van der Waals surface area contributed by atoms with Gasteiger partial charge in [-0.1, -0.05) is 96.4 Å². The van der Waals surface area contributed by atoms with Gasteiger partial charge in [0.25, 0.3) is 0 Å². The second-order valence-corrected chi connectivity index (χ2v) is 12.1. The first-order valence-electron chi connectivity index (χ1n) is 17.5. The molecule has 39 heavy (non-hydrogen) atoms. The predicted octanol–water partition coefficient (Wildman–Crippen LogP) is 11.6. The number of hydrogen-bond acceptors (Lipinski definition) is 2. The number of hydrogen-bond donors (Lipinski definition) is 0. The lowest BCUT2D eigenvalue weighted by Crippen LogP contribution is -2.44. The van der Waals surface area contributed by atoms with E-state index >= 15 is 0 Å². The second-order valence-electron chi connectivity index (χ2n) is 12.1. The molecule has 0 bridgehead atoms. The molecule has 239 valence electrons. The van der Waals surface area contributed by atoms with E-state index < -0.39 is 0 Å². The van der Waals surface area contributed by atoms with E-state index in [2.05, 4.69) is 72.1 Å². The summed E-state index contributed by atoms with van der Waals surface area (Å²) in [6.45, 7) is 41.9. The van der Waals surface area contributed by atoms with Gasteiger partial charge in [-0.15, -0.1) is 0 Å². The lowest BCUT2D eigenvalue weighted by molar-refractivity contribution is 0.0328. The van der Waals surface area contributed by atoms with E-state index in [0.29, 0.717) is 0 Å². The molecule has 1 aliphatic carbocycles. The standard InChI is InChI=1S/C16H31N.C8H17N.C4H10.4C2H6.B/c1-13(2)15-5-7-16(8-6-15)9-11-17(12-10-16)14(3)4;1-8(2)9-6-4-3-5-7-9;1-4(2)3;4*1-2;/h13-15H,5-12H2,1-4H3;8H,3-7H2,1-2H3;4H,1-3H3;4*1-2H3;. The summed E-state index contributed by atoms with van der Waals surface area (Å²) < 4.78 is 0. The van der Waals surface area contributed by atoms with Crippen molar-refractivity contribution >= 4 is 8.41 Å². The molecule has 3 heteroatoms. The van der Waals surface area contributed by atoms with Crippen LogP contribution in [0.2, 0.25) is 0 Å². The number of likely N-dealkylation sites (tertiary alicyclic amines) is 2. The van der Waals surface area contributed by atoms with Gasteiger partial charge < -0.3 is 9.80 Å². The van der Waals surface area contributed by atoms with E-state index in [4.69, 9.17) is 0 Å². The Balaban J connectivity index is -0.000000149. The molecule has 0 unspecified atom stereocenters. The van der Waals surface area contributed by atoms with Crippen LogP contribution >= 0.6 is 0 Å². The number of piperidine rings is 2. The summed E-state index contributed by atoms with van der Waals surface area (Å²) in [4.78, 5) is 5.23. The maximum atomic E-state index is 2.67. The molecule has 2 heterocycles. The third kappa shape index (κ3) is 25.4. The van der Waals surface area contributed by atoms with Crippen molar-refractivity contribution < 1.29 is 0 Å². The van der Waals surface area contributed by atoms with Crippen LogP contribution in [0.1, 0.15) is 175 Å². The summed E-state index contributed by atoms with van der Waals surface area (Å²) in [6, 6.07) is 1.52. The maximum Gasteiger partial charge on any atom is 0.00385 e. The first-order chi connectivity index (χ1) is 18.1. The van der Waals surface area contributed by atoms with Crippen LogP contribution in [0.25, 0.3) is 0 Å². The van der Waals surface area contributed by atoms with Gasteiger partial charge in [0.15, 0.2) is 0 Å².